The van der Waals surface area contributed by atoms with Gasteiger partial charge in [0.25, 0.3) is 5.78 Å². The van der Waals surface area contributed by atoms with Crippen molar-refractivity contribution in [2.24, 2.45) is 0 Å². The molecule has 0 aliphatic carbocycles. The Morgan fingerprint density at radius 2 is 1.68 bits per heavy atom. The minimum atomic E-state index is -0.954. The van der Waals surface area contributed by atoms with Gasteiger partial charge in [0.15, 0.2) is 5.13 Å². The number of amides is 1. The molecule has 3 aromatic carbocycles. The van der Waals surface area contributed by atoms with Crippen LogP contribution in [-0.2, 0) is 20.9 Å². The van der Waals surface area contributed by atoms with Gasteiger partial charge in [0, 0.05) is 5.56 Å². The lowest BCUT2D eigenvalue weighted by molar-refractivity contribution is -0.132. The van der Waals surface area contributed by atoms with Gasteiger partial charge in [-0.2, -0.15) is 0 Å². The van der Waals surface area contributed by atoms with Crippen LogP contribution in [-0.4, -0.2) is 34.4 Å². The van der Waals surface area contributed by atoms with E-state index in [9.17, 15) is 19.5 Å². The number of aromatic nitrogens is 1. The van der Waals surface area contributed by atoms with E-state index in [-0.39, 0.29) is 27.9 Å². The van der Waals surface area contributed by atoms with Crippen LogP contribution in [0.25, 0.3) is 5.76 Å². The number of carbonyl (C=O) groups excluding carboxylic acids is 3. The quantitative estimate of drug-likeness (QED) is 0.118. The summed E-state index contributed by atoms with van der Waals surface area (Å²) in [5.74, 6) is -1.93. The molecule has 1 saturated heterocycles. The Morgan fingerprint density at radius 1 is 1.00 bits per heavy atom. The third kappa shape index (κ3) is 5.49. The number of thiazole rings is 1. The molecule has 0 bridgehead atoms. The molecule has 1 aliphatic rings. The van der Waals surface area contributed by atoms with E-state index in [0.717, 1.165) is 16.9 Å². The van der Waals surface area contributed by atoms with Crippen molar-refractivity contribution >= 4 is 39.9 Å². The first-order chi connectivity index (χ1) is 19.8. The zero-order chi connectivity index (χ0) is 29.1. The second-order valence-electron chi connectivity index (χ2n) is 9.46. The van der Waals surface area contributed by atoms with Gasteiger partial charge in [0.2, 0.25) is 0 Å². The van der Waals surface area contributed by atoms with Gasteiger partial charge in [-0.3, -0.25) is 14.5 Å². The molecule has 1 aliphatic heterocycles. The lowest BCUT2D eigenvalue weighted by Crippen LogP contribution is -2.29. The number of carbonyl (C=O) groups is 3. The van der Waals surface area contributed by atoms with Crippen molar-refractivity contribution in [2.45, 2.75) is 33.4 Å². The first kappa shape index (κ1) is 27.8. The number of Topliss-reactive ketones (excluding diaryl/α,β-unsaturated/α-hetero) is 1. The average molecular weight is 569 g/mol. The molecule has 1 atom stereocenters. The predicted octanol–water partition coefficient (Wildman–Crippen LogP) is 6.14. The molecule has 8 nitrogen and oxygen atoms in total. The number of nitrogens with zero attached hydrogens (tertiary/aromatic N) is 2. The fourth-order valence-electron chi connectivity index (χ4n) is 4.73. The molecule has 5 rings (SSSR count). The maximum atomic E-state index is 13.5. The van der Waals surface area contributed by atoms with Crippen LogP contribution in [0.15, 0.2) is 84.4 Å². The molecule has 2 heterocycles. The molecule has 1 amide bonds. The van der Waals surface area contributed by atoms with Crippen LogP contribution in [0.5, 0.6) is 5.75 Å². The molecule has 0 saturated carbocycles. The third-order valence-electron chi connectivity index (χ3n) is 6.71. The van der Waals surface area contributed by atoms with Crippen LogP contribution in [0.4, 0.5) is 5.13 Å². The van der Waals surface area contributed by atoms with E-state index in [4.69, 9.17) is 9.47 Å². The highest BCUT2D eigenvalue weighted by molar-refractivity contribution is 7.17. The summed E-state index contributed by atoms with van der Waals surface area (Å²) >= 11 is 0.974. The number of anilines is 1. The first-order valence-corrected chi connectivity index (χ1v) is 13.9. The van der Waals surface area contributed by atoms with Crippen LogP contribution in [0, 0.1) is 13.8 Å². The number of aryl methyl sites for hydroxylation is 2. The SMILES string of the molecule is CCOC(=O)c1sc(N2C(=O)C(=O)C(=C(O)c3ccc(OCc4ccccc4)cc3C)[C@@H]2c2ccccc2)nc1C. The molecule has 1 N–H and O–H groups in total. The zero-order valence-electron chi connectivity index (χ0n) is 22.8. The van der Waals surface area contributed by atoms with Crippen molar-refractivity contribution < 1.29 is 29.0 Å². The number of ether oxygens (including phenoxy) is 2. The molecular weight excluding hydrogens is 540 g/mol. The van der Waals surface area contributed by atoms with Gasteiger partial charge in [-0.1, -0.05) is 72.0 Å². The Labute approximate surface area is 241 Å². The Hall–Kier alpha value is -4.76. The highest BCUT2D eigenvalue weighted by Gasteiger charge is 2.48. The highest BCUT2D eigenvalue weighted by Crippen LogP contribution is 2.44. The van der Waals surface area contributed by atoms with Crippen molar-refractivity contribution in [3.63, 3.8) is 0 Å². The van der Waals surface area contributed by atoms with Crippen molar-refractivity contribution in [1.82, 2.24) is 4.98 Å². The fraction of sp³-hybridized carbons (Fsp3) is 0.188. The third-order valence-corrected chi connectivity index (χ3v) is 7.85. The van der Waals surface area contributed by atoms with E-state index in [1.807, 2.05) is 36.4 Å². The van der Waals surface area contributed by atoms with Crippen LogP contribution in [0.1, 0.15) is 50.6 Å². The Kier molecular flexibility index (Phi) is 7.98. The predicted molar refractivity (Wildman–Crippen MR) is 156 cm³/mol. The summed E-state index contributed by atoms with van der Waals surface area (Å²) in [6.45, 7) is 5.72. The number of ketones is 1. The molecule has 0 unspecified atom stereocenters. The van der Waals surface area contributed by atoms with Gasteiger partial charge < -0.3 is 14.6 Å². The summed E-state index contributed by atoms with van der Waals surface area (Å²) in [5.41, 5.74) is 3.02. The summed E-state index contributed by atoms with van der Waals surface area (Å²) in [6, 6.07) is 22.9. The summed E-state index contributed by atoms with van der Waals surface area (Å²) < 4.78 is 11.0. The van der Waals surface area contributed by atoms with Gasteiger partial charge in [-0.05, 0) is 55.7 Å². The van der Waals surface area contributed by atoms with E-state index in [1.165, 1.54) is 4.90 Å². The van der Waals surface area contributed by atoms with Gasteiger partial charge in [-0.15, -0.1) is 0 Å². The standard InChI is InChI=1S/C32H28N2O6S/c1-4-39-31(38)29-20(3)33-32(41-29)34-26(22-13-9-6-10-14-22)25(28(36)30(34)37)27(35)24-16-15-23(17-19(24)2)40-18-21-11-7-5-8-12-21/h5-17,26,35H,4,18H2,1-3H3/t26-/m0/s1. The number of hydrogen-bond donors (Lipinski definition) is 1. The van der Waals surface area contributed by atoms with E-state index in [2.05, 4.69) is 4.98 Å². The van der Waals surface area contributed by atoms with Crippen LogP contribution in [0.2, 0.25) is 0 Å². The minimum absolute atomic E-state index is 0.0622. The summed E-state index contributed by atoms with van der Waals surface area (Å²) in [6.07, 6.45) is 0. The average Bonchev–Trinajstić information content (AvgIpc) is 3.49. The molecule has 0 radical (unpaired) electrons. The van der Waals surface area contributed by atoms with Crippen molar-refractivity contribution in [1.29, 1.82) is 0 Å². The minimum Gasteiger partial charge on any atom is -0.507 e. The first-order valence-electron chi connectivity index (χ1n) is 13.1. The van der Waals surface area contributed by atoms with Crippen LogP contribution < -0.4 is 9.64 Å². The molecule has 41 heavy (non-hydrogen) atoms. The molecule has 4 aromatic rings. The largest absolute Gasteiger partial charge is 0.507 e. The number of hydrogen-bond acceptors (Lipinski definition) is 8. The number of benzene rings is 3. The Bertz CT molecular complexity index is 1650. The number of esters is 1. The van der Waals surface area contributed by atoms with Gasteiger partial charge in [-0.25, -0.2) is 9.78 Å². The molecule has 1 aromatic heterocycles. The van der Waals surface area contributed by atoms with Crippen LogP contribution >= 0.6 is 11.3 Å². The summed E-state index contributed by atoms with van der Waals surface area (Å²) in [5, 5.41) is 11.7. The van der Waals surface area contributed by atoms with Crippen LogP contribution in [0.3, 0.4) is 0 Å². The molecule has 0 spiro atoms. The van der Waals surface area contributed by atoms with Crippen molar-refractivity contribution in [2.75, 3.05) is 11.5 Å². The van der Waals surface area contributed by atoms with E-state index in [1.54, 1.807) is 63.2 Å². The molecular formula is C32H28N2O6S. The lowest BCUT2D eigenvalue weighted by Gasteiger charge is -2.23. The number of rotatable bonds is 8. The lowest BCUT2D eigenvalue weighted by atomic mass is 9.94. The summed E-state index contributed by atoms with van der Waals surface area (Å²) in [7, 11) is 0. The van der Waals surface area contributed by atoms with E-state index >= 15 is 0 Å². The molecule has 9 heteroatoms. The van der Waals surface area contributed by atoms with E-state index < -0.39 is 23.7 Å². The maximum absolute atomic E-state index is 13.5. The van der Waals surface area contributed by atoms with Gasteiger partial charge >= 0.3 is 11.9 Å². The normalized spacial score (nSPS) is 16.2. The van der Waals surface area contributed by atoms with Crippen molar-refractivity contribution in [3.8, 4) is 5.75 Å². The topological polar surface area (TPSA) is 106 Å². The maximum Gasteiger partial charge on any atom is 0.350 e. The monoisotopic (exact) mass is 568 g/mol. The number of aliphatic hydroxyl groups is 1. The molecule has 208 valence electrons. The highest BCUT2D eigenvalue weighted by atomic mass is 32.1. The second kappa shape index (κ2) is 11.8. The summed E-state index contributed by atoms with van der Waals surface area (Å²) in [4.78, 5) is 45.4. The van der Waals surface area contributed by atoms with E-state index in [0.29, 0.717) is 34.7 Å². The van der Waals surface area contributed by atoms with Gasteiger partial charge in [0.1, 0.15) is 23.0 Å². The molecule has 1 fully saturated rings. The Balaban J connectivity index is 1.55. The fourth-order valence-corrected chi connectivity index (χ4v) is 5.72. The number of aliphatic hydroxyl groups excluding tert-OH is 1. The second-order valence-corrected chi connectivity index (χ2v) is 10.4. The van der Waals surface area contributed by atoms with Crippen molar-refractivity contribution in [3.05, 3.63) is 117 Å². The smallest absolute Gasteiger partial charge is 0.350 e. The zero-order valence-corrected chi connectivity index (χ0v) is 23.6. The van der Waals surface area contributed by atoms with Gasteiger partial charge in [0.05, 0.1) is 23.9 Å². The Morgan fingerprint density at radius 3 is 2.34 bits per heavy atom.